The molecular weight excluding hydrogens is 308 g/mol. The number of hydrogen-bond acceptors (Lipinski definition) is 2. The summed E-state index contributed by atoms with van der Waals surface area (Å²) in [6, 6.07) is 25.6. The third-order valence-corrected chi connectivity index (χ3v) is 4.58. The predicted molar refractivity (Wildman–Crippen MR) is 104 cm³/mol. The average molecular weight is 328 g/mol. The third kappa shape index (κ3) is 2.97. The molecule has 0 spiro atoms. The zero-order valence-electron chi connectivity index (χ0n) is 14.2. The highest BCUT2D eigenvalue weighted by molar-refractivity contribution is 6.05. The summed E-state index contributed by atoms with van der Waals surface area (Å²) < 4.78 is 5.57. The molecule has 4 rings (SSSR count). The number of aryl methyl sites for hydroxylation is 1. The van der Waals surface area contributed by atoms with Gasteiger partial charge in [0.1, 0.15) is 12.4 Å². The number of ether oxygens (including phenoxy) is 1. The van der Waals surface area contributed by atoms with Gasteiger partial charge >= 0.3 is 0 Å². The molecule has 0 aliphatic heterocycles. The first kappa shape index (κ1) is 15.7. The highest BCUT2D eigenvalue weighted by Gasteiger charge is 2.08. The monoisotopic (exact) mass is 328 g/mol. The first-order valence-electron chi connectivity index (χ1n) is 8.52. The van der Waals surface area contributed by atoms with Crippen LogP contribution in [0.15, 0.2) is 72.8 Å². The maximum atomic E-state index is 8.93. The molecule has 0 saturated carbocycles. The molecule has 0 aliphatic carbocycles. The molecule has 0 atom stereocenters. The van der Waals surface area contributed by atoms with Gasteiger partial charge in [-0.15, -0.1) is 0 Å². The molecule has 0 saturated heterocycles. The van der Waals surface area contributed by atoms with Crippen molar-refractivity contribution in [3.05, 3.63) is 78.4 Å². The molecule has 25 heavy (non-hydrogen) atoms. The van der Waals surface area contributed by atoms with Gasteiger partial charge in [-0.05, 0) is 69.4 Å². The quantitative estimate of drug-likeness (QED) is 0.512. The van der Waals surface area contributed by atoms with E-state index in [2.05, 4.69) is 66.7 Å². The lowest BCUT2D eigenvalue weighted by Gasteiger charge is -2.12. The fourth-order valence-electron chi connectivity index (χ4n) is 3.35. The fraction of sp³-hybridized carbons (Fsp3) is 0.130. The van der Waals surface area contributed by atoms with Gasteiger partial charge < -0.3 is 9.84 Å². The van der Waals surface area contributed by atoms with Gasteiger partial charge in [0.05, 0.1) is 6.61 Å². The van der Waals surface area contributed by atoms with Gasteiger partial charge in [-0.3, -0.25) is 0 Å². The van der Waals surface area contributed by atoms with E-state index in [0.29, 0.717) is 6.61 Å². The van der Waals surface area contributed by atoms with Gasteiger partial charge in [-0.1, -0.05) is 48.5 Å². The van der Waals surface area contributed by atoms with Crippen LogP contribution in [0.3, 0.4) is 0 Å². The SMILES string of the molecule is Cc1cc(-c2cccc3cc4ccccc4cc23)ccc1OCCO. The van der Waals surface area contributed by atoms with E-state index in [-0.39, 0.29) is 6.61 Å². The lowest BCUT2D eigenvalue weighted by atomic mass is 9.95. The molecule has 124 valence electrons. The fourth-order valence-corrected chi connectivity index (χ4v) is 3.35. The Morgan fingerprint density at radius 2 is 1.56 bits per heavy atom. The molecule has 0 aromatic heterocycles. The van der Waals surface area contributed by atoms with Crippen molar-refractivity contribution >= 4 is 21.5 Å². The minimum Gasteiger partial charge on any atom is -0.491 e. The number of aliphatic hydroxyl groups is 1. The Morgan fingerprint density at radius 3 is 2.32 bits per heavy atom. The van der Waals surface area contributed by atoms with E-state index in [1.807, 2.05) is 13.0 Å². The normalized spacial score (nSPS) is 11.1. The van der Waals surface area contributed by atoms with Crippen LogP contribution in [0, 0.1) is 6.92 Å². The molecule has 0 unspecified atom stereocenters. The van der Waals surface area contributed by atoms with E-state index in [4.69, 9.17) is 9.84 Å². The summed E-state index contributed by atoms with van der Waals surface area (Å²) in [4.78, 5) is 0. The zero-order chi connectivity index (χ0) is 17.2. The highest BCUT2D eigenvalue weighted by Crippen LogP contribution is 2.33. The van der Waals surface area contributed by atoms with E-state index in [1.165, 1.54) is 32.7 Å². The van der Waals surface area contributed by atoms with E-state index in [9.17, 15) is 0 Å². The lowest BCUT2D eigenvalue weighted by molar-refractivity contribution is 0.200. The zero-order valence-corrected chi connectivity index (χ0v) is 14.2. The Hall–Kier alpha value is -2.84. The molecular formula is C23H20O2. The average Bonchev–Trinajstić information content (AvgIpc) is 2.65. The van der Waals surface area contributed by atoms with Crippen molar-refractivity contribution in [1.29, 1.82) is 0 Å². The summed E-state index contributed by atoms with van der Waals surface area (Å²) in [5, 5.41) is 13.9. The van der Waals surface area contributed by atoms with E-state index < -0.39 is 0 Å². The third-order valence-electron chi connectivity index (χ3n) is 4.58. The summed E-state index contributed by atoms with van der Waals surface area (Å²) >= 11 is 0. The van der Waals surface area contributed by atoms with Crippen LogP contribution in [0.4, 0.5) is 0 Å². The first-order chi connectivity index (χ1) is 12.3. The van der Waals surface area contributed by atoms with Gasteiger partial charge in [0, 0.05) is 0 Å². The largest absolute Gasteiger partial charge is 0.491 e. The standard InChI is InChI=1S/C23H20O2/c1-16-13-20(9-10-23(16)25-12-11-24)21-8-4-7-19-14-17-5-2-3-6-18(17)15-22(19)21/h2-10,13-15,24H,11-12H2,1H3. The number of benzene rings is 4. The van der Waals surface area contributed by atoms with Crippen LogP contribution in [0.5, 0.6) is 5.75 Å². The molecule has 0 fully saturated rings. The summed E-state index contributed by atoms with van der Waals surface area (Å²) in [5.74, 6) is 0.823. The molecule has 2 nitrogen and oxygen atoms in total. The van der Waals surface area contributed by atoms with Crippen molar-refractivity contribution < 1.29 is 9.84 Å². The van der Waals surface area contributed by atoms with E-state index in [0.717, 1.165) is 11.3 Å². The van der Waals surface area contributed by atoms with Gasteiger partial charge in [-0.2, -0.15) is 0 Å². The smallest absolute Gasteiger partial charge is 0.122 e. The summed E-state index contributed by atoms with van der Waals surface area (Å²) in [6.45, 7) is 2.38. The number of aliphatic hydroxyl groups excluding tert-OH is 1. The van der Waals surface area contributed by atoms with Crippen LogP contribution in [0.2, 0.25) is 0 Å². The van der Waals surface area contributed by atoms with Crippen molar-refractivity contribution in [2.75, 3.05) is 13.2 Å². The first-order valence-corrected chi connectivity index (χ1v) is 8.52. The minimum atomic E-state index is 0.0254. The molecule has 4 aromatic rings. The Balaban J connectivity index is 1.86. The topological polar surface area (TPSA) is 29.5 Å². The maximum absolute atomic E-state index is 8.93. The molecule has 1 N–H and O–H groups in total. The lowest BCUT2D eigenvalue weighted by Crippen LogP contribution is -2.02. The van der Waals surface area contributed by atoms with Crippen molar-refractivity contribution in [2.24, 2.45) is 0 Å². The molecule has 4 aromatic carbocycles. The van der Waals surface area contributed by atoms with Crippen molar-refractivity contribution in [2.45, 2.75) is 6.92 Å². The second-order valence-electron chi connectivity index (χ2n) is 6.28. The van der Waals surface area contributed by atoms with Gasteiger partial charge in [0.25, 0.3) is 0 Å². The van der Waals surface area contributed by atoms with Crippen molar-refractivity contribution in [1.82, 2.24) is 0 Å². The van der Waals surface area contributed by atoms with Crippen LogP contribution in [0.25, 0.3) is 32.7 Å². The Bertz CT molecular complexity index is 1050. The van der Waals surface area contributed by atoms with Crippen molar-refractivity contribution in [3.8, 4) is 16.9 Å². The Labute approximate surface area is 147 Å². The molecule has 0 amide bonds. The maximum Gasteiger partial charge on any atom is 0.122 e. The Kier molecular flexibility index (Phi) is 4.12. The summed E-state index contributed by atoms with van der Waals surface area (Å²) in [5.41, 5.74) is 3.47. The van der Waals surface area contributed by atoms with Gasteiger partial charge in [-0.25, -0.2) is 0 Å². The van der Waals surface area contributed by atoms with Gasteiger partial charge in [0.15, 0.2) is 0 Å². The van der Waals surface area contributed by atoms with Crippen LogP contribution in [0.1, 0.15) is 5.56 Å². The summed E-state index contributed by atoms with van der Waals surface area (Å²) in [6.07, 6.45) is 0. The molecule has 0 radical (unpaired) electrons. The molecule has 2 heteroatoms. The van der Waals surface area contributed by atoms with E-state index in [1.54, 1.807) is 0 Å². The van der Waals surface area contributed by atoms with Crippen LogP contribution in [-0.2, 0) is 0 Å². The minimum absolute atomic E-state index is 0.0254. The Morgan fingerprint density at radius 1 is 0.800 bits per heavy atom. The second-order valence-corrected chi connectivity index (χ2v) is 6.28. The molecule has 0 bridgehead atoms. The molecule has 0 aliphatic rings. The highest BCUT2D eigenvalue weighted by atomic mass is 16.5. The number of hydrogen-bond donors (Lipinski definition) is 1. The number of rotatable bonds is 4. The second kappa shape index (κ2) is 6.58. The predicted octanol–water partition coefficient (Wildman–Crippen LogP) is 5.34. The summed E-state index contributed by atoms with van der Waals surface area (Å²) in [7, 11) is 0. The van der Waals surface area contributed by atoms with Crippen LogP contribution < -0.4 is 4.74 Å². The van der Waals surface area contributed by atoms with Gasteiger partial charge in [0.2, 0.25) is 0 Å². The van der Waals surface area contributed by atoms with Crippen LogP contribution >= 0.6 is 0 Å². The number of fused-ring (bicyclic) bond motifs is 2. The van der Waals surface area contributed by atoms with E-state index >= 15 is 0 Å². The van der Waals surface area contributed by atoms with Crippen molar-refractivity contribution in [3.63, 3.8) is 0 Å². The molecule has 0 heterocycles. The van der Waals surface area contributed by atoms with Crippen LogP contribution in [-0.4, -0.2) is 18.3 Å².